The number of nitro groups is 1. The quantitative estimate of drug-likeness (QED) is 0.465. The normalized spacial score (nSPS) is 10.3. The van der Waals surface area contributed by atoms with E-state index in [1.54, 1.807) is 18.5 Å². The maximum atomic E-state index is 10.9. The van der Waals surface area contributed by atoms with Crippen molar-refractivity contribution in [3.63, 3.8) is 0 Å². The second kappa shape index (κ2) is 5.47. The molecule has 0 saturated heterocycles. The lowest BCUT2D eigenvalue weighted by Crippen LogP contribution is -2.06. The van der Waals surface area contributed by atoms with Gasteiger partial charge in [0.1, 0.15) is 18.7 Å². The predicted octanol–water partition coefficient (Wildman–Crippen LogP) is 1.42. The van der Waals surface area contributed by atoms with Gasteiger partial charge in [-0.2, -0.15) is 0 Å². The van der Waals surface area contributed by atoms with Gasteiger partial charge in [0.05, 0.1) is 4.92 Å². The highest BCUT2D eigenvalue weighted by atomic mass is 16.6. The van der Waals surface area contributed by atoms with E-state index in [1.807, 2.05) is 0 Å². The minimum atomic E-state index is -0.564. The number of benzene rings is 1. The van der Waals surface area contributed by atoms with Gasteiger partial charge >= 0.3 is 5.69 Å². The second-order valence-corrected chi connectivity index (χ2v) is 4.11. The number of rotatable bonds is 5. The highest BCUT2D eigenvalue weighted by Crippen LogP contribution is 2.28. The van der Waals surface area contributed by atoms with E-state index in [0.29, 0.717) is 23.5 Å². The molecule has 0 unspecified atom stereocenters. The maximum Gasteiger partial charge on any atom is 0.310 e. The molecule has 0 aliphatic heterocycles. The van der Waals surface area contributed by atoms with E-state index < -0.39 is 4.92 Å². The number of nitro benzene ring substituents is 1. The van der Waals surface area contributed by atoms with Gasteiger partial charge in [0, 0.05) is 18.7 Å². The van der Waals surface area contributed by atoms with E-state index in [0.717, 1.165) is 0 Å². The number of aldehydes is 1. The lowest BCUT2D eigenvalue weighted by Gasteiger charge is -2.07. The Hall–Kier alpha value is -2.77. The molecule has 0 bridgehead atoms. The Bertz CT molecular complexity index is 665. The minimum Gasteiger partial charge on any atom is -0.479 e. The molecule has 8 nitrogen and oxygen atoms in total. The van der Waals surface area contributed by atoms with Crippen LogP contribution < -0.4 is 4.74 Å². The number of carbonyl (C=O) groups is 1. The SMILES string of the molecule is Cc1nnc(COc2cc(C=O)ccc2[N+](=O)[O-])n1C. The van der Waals surface area contributed by atoms with Crippen LogP contribution in [0.3, 0.4) is 0 Å². The van der Waals surface area contributed by atoms with Gasteiger partial charge in [-0.3, -0.25) is 14.9 Å². The highest BCUT2D eigenvalue weighted by molar-refractivity contribution is 5.76. The highest BCUT2D eigenvalue weighted by Gasteiger charge is 2.16. The Morgan fingerprint density at radius 2 is 2.20 bits per heavy atom. The smallest absolute Gasteiger partial charge is 0.310 e. The summed E-state index contributed by atoms with van der Waals surface area (Å²) in [5, 5.41) is 18.7. The number of hydrogen-bond acceptors (Lipinski definition) is 6. The summed E-state index contributed by atoms with van der Waals surface area (Å²) < 4.78 is 7.11. The van der Waals surface area contributed by atoms with Gasteiger partial charge in [0.25, 0.3) is 0 Å². The van der Waals surface area contributed by atoms with Crippen molar-refractivity contribution in [1.82, 2.24) is 14.8 Å². The molecule has 2 aromatic rings. The molecule has 8 heteroatoms. The monoisotopic (exact) mass is 276 g/mol. The average molecular weight is 276 g/mol. The number of ether oxygens (including phenoxy) is 1. The van der Waals surface area contributed by atoms with Crippen molar-refractivity contribution in [3.8, 4) is 5.75 Å². The molecular weight excluding hydrogens is 264 g/mol. The van der Waals surface area contributed by atoms with E-state index in [2.05, 4.69) is 10.2 Å². The molecule has 0 atom stereocenters. The van der Waals surface area contributed by atoms with Gasteiger partial charge in [-0.25, -0.2) is 0 Å². The van der Waals surface area contributed by atoms with Gasteiger partial charge < -0.3 is 9.30 Å². The summed E-state index contributed by atoms with van der Waals surface area (Å²) in [5.41, 5.74) is 0.106. The summed E-state index contributed by atoms with van der Waals surface area (Å²) in [5.74, 6) is 1.27. The molecule has 104 valence electrons. The first-order valence-electron chi connectivity index (χ1n) is 5.74. The van der Waals surface area contributed by atoms with E-state index >= 15 is 0 Å². The molecule has 0 N–H and O–H groups in total. The predicted molar refractivity (Wildman–Crippen MR) is 68.6 cm³/mol. The lowest BCUT2D eigenvalue weighted by molar-refractivity contribution is -0.386. The third kappa shape index (κ3) is 2.63. The topological polar surface area (TPSA) is 100 Å². The second-order valence-electron chi connectivity index (χ2n) is 4.11. The summed E-state index contributed by atoms with van der Waals surface area (Å²) in [4.78, 5) is 21.1. The van der Waals surface area contributed by atoms with Gasteiger partial charge in [-0.15, -0.1) is 10.2 Å². The van der Waals surface area contributed by atoms with Crippen LogP contribution in [0.1, 0.15) is 22.0 Å². The molecule has 0 spiro atoms. The molecule has 1 heterocycles. The van der Waals surface area contributed by atoms with E-state index in [9.17, 15) is 14.9 Å². The Labute approximate surface area is 114 Å². The van der Waals surface area contributed by atoms with Crippen molar-refractivity contribution in [2.45, 2.75) is 13.5 Å². The first kappa shape index (κ1) is 13.7. The Morgan fingerprint density at radius 3 is 2.75 bits per heavy atom. The zero-order chi connectivity index (χ0) is 14.7. The van der Waals surface area contributed by atoms with E-state index in [1.165, 1.54) is 18.2 Å². The summed E-state index contributed by atoms with van der Waals surface area (Å²) in [6.07, 6.45) is 0.600. The molecule has 2 rings (SSSR count). The lowest BCUT2D eigenvalue weighted by atomic mass is 10.2. The third-order valence-electron chi connectivity index (χ3n) is 2.86. The largest absolute Gasteiger partial charge is 0.479 e. The van der Waals surface area contributed by atoms with Gasteiger partial charge in [0.2, 0.25) is 0 Å². The molecule has 0 radical (unpaired) electrons. The van der Waals surface area contributed by atoms with Crippen LogP contribution in [-0.2, 0) is 13.7 Å². The number of hydrogen-bond donors (Lipinski definition) is 0. The summed E-state index contributed by atoms with van der Waals surface area (Å²) >= 11 is 0. The molecular formula is C12H12N4O4. The van der Waals surface area contributed by atoms with Crippen molar-refractivity contribution in [2.24, 2.45) is 7.05 Å². The van der Waals surface area contributed by atoms with Crippen molar-refractivity contribution in [3.05, 3.63) is 45.5 Å². The van der Waals surface area contributed by atoms with Crippen molar-refractivity contribution < 1.29 is 14.5 Å². The third-order valence-corrected chi connectivity index (χ3v) is 2.86. The molecule has 0 saturated carbocycles. The van der Waals surface area contributed by atoms with Crippen LogP contribution in [0, 0.1) is 17.0 Å². The fourth-order valence-electron chi connectivity index (χ4n) is 1.59. The van der Waals surface area contributed by atoms with E-state index in [-0.39, 0.29) is 18.0 Å². The Kier molecular flexibility index (Phi) is 3.74. The van der Waals surface area contributed by atoms with Crippen molar-refractivity contribution in [2.75, 3.05) is 0 Å². The van der Waals surface area contributed by atoms with Crippen molar-refractivity contribution >= 4 is 12.0 Å². The molecule has 1 aromatic heterocycles. The maximum absolute atomic E-state index is 10.9. The number of aryl methyl sites for hydroxylation is 1. The van der Waals surface area contributed by atoms with Crippen LogP contribution in [-0.4, -0.2) is 26.0 Å². The van der Waals surface area contributed by atoms with Crippen molar-refractivity contribution in [1.29, 1.82) is 0 Å². The summed E-state index contributed by atoms with van der Waals surface area (Å²) in [7, 11) is 1.77. The molecule has 0 aliphatic carbocycles. The fraction of sp³-hybridized carbons (Fsp3) is 0.250. The summed E-state index contributed by atoms with van der Waals surface area (Å²) in [6, 6.07) is 3.93. The van der Waals surface area contributed by atoms with Crippen LogP contribution in [0.25, 0.3) is 0 Å². The minimum absolute atomic E-state index is 0.0280. The first-order valence-corrected chi connectivity index (χ1v) is 5.74. The molecule has 0 fully saturated rings. The Balaban J connectivity index is 2.25. The Morgan fingerprint density at radius 1 is 1.45 bits per heavy atom. The zero-order valence-electron chi connectivity index (χ0n) is 10.9. The van der Waals surface area contributed by atoms with Crippen LogP contribution in [0.2, 0.25) is 0 Å². The number of carbonyl (C=O) groups excluding carboxylic acids is 1. The average Bonchev–Trinajstić information content (AvgIpc) is 2.76. The number of nitrogens with zero attached hydrogens (tertiary/aromatic N) is 4. The van der Waals surface area contributed by atoms with Gasteiger partial charge in [0.15, 0.2) is 11.6 Å². The summed E-state index contributed by atoms with van der Waals surface area (Å²) in [6.45, 7) is 1.81. The molecule has 0 amide bonds. The standard InChI is InChI=1S/C12H12N4O4/c1-8-13-14-12(15(8)2)7-20-11-5-9(6-17)3-4-10(11)16(18)19/h3-6H,7H2,1-2H3. The fourth-order valence-corrected chi connectivity index (χ4v) is 1.59. The molecule has 20 heavy (non-hydrogen) atoms. The van der Waals surface area contributed by atoms with Crippen LogP contribution in [0.5, 0.6) is 5.75 Å². The molecule has 0 aliphatic rings. The van der Waals surface area contributed by atoms with E-state index in [4.69, 9.17) is 4.74 Å². The first-order chi connectivity index (χ1) is 9.52. The number of aromatic nitrogens is 3. The zero-order valence-corrected chi connectivity index (χ0v) is 10.9. The van der Waals surface area contributed by atoms with Gasteiger partial charge in [-0.05, 0) is 19.1 Å². The van der Waals surface area contributed by atoms with Crippen LogP contribution >= 0.6 is 0 Å². The van der Waals surface area contributed by atoms with Crippen LogP contribution in [0.4, 0.5) is 5.69 Å². The molecule has 1 aromatic carbocycles. The van der Waals surface area contributed by atoms with Gasteiger partial charge in [-0.1, -0.05) is 0 Å². The van der Waals surface area contributed by atoms with Crippen LogP contribution in [0.15, 0.2) is 18.2 Å².